The Labute approximate surface area is 106 Å². The first kappa shape index (κ1) is 12.3. The van der Waals surface area contributed by atoms with Gasteiger partial charge >= 0.3 is 0 Å². The fourth-order valence-corrected chi connectivity index (χ4v) is 2.88. The maximum Gasteiger partial charge on any atom is 0.0508 e. The summed E-state index contributed by atoms with van der Waals surface area (Å²) >= 11 is 1.88. The lowest BCUT2D eigenvalue weighted by Gasteiger charge is -2.15. The van der Waals surface area contributed by atoms with Crippen LogP contribution < -0.4 is 11.3 Å². The maximum absolute atomic E-state index is 5.65. The first-order valence-corrected chi connectivity index (χ1v) is 6.73. The van der Waals surface area contributed by atoms with Crippen LogP contribution in [0.1, 0.15) is 28.3 Å². The van der Waals surface area contributed by atoms with Crippen molar-refractivity contribution in [2.75, 3.05) is 0 Å². The van der Waals surface area contributed by atoms with Crippen LogP contribution in [0, 0.1) is 0 Å². The lowest BCUT2D eigenvalue weighted by molar-refractivity contribution is 0.555. The van der Waals surface area contributed by atoms with E-state index in [-0.39, 0.29) is 6.04 Å². The van der Waals surface area contributed by atoms with Crippen LogP contribution in [0.15, 0.2) is 42.5 Å². The van der Waals surface area contributed by atoms with Crippen molar-refractivity contribution >= 4 is 11.3 Å². The summed E-state index contributed by atoms with van der Waals surface area (Å²) in [4.78, 5) is 2.82. The molecule has 0 radical (unpaired) electrons. The average molecular weight is 246 g/mol. The van der Waals surface area contributed by atoms with Crippen LogP contribution in [-0.2, 0) is 12.8 Å². The second-order valence-electron chi connectivity index (χ2n) is 4.06. The zero-order valence-electron chi connectivity index (χ0n) is 10.0. The van der Waals surface area contributed by atoms with Gasteiger partial charge in [-0.25, -0.2) is 0 Å². The number of hydrogen-bond donors (Lipinski definition) is 2. The molecule has 1 atom stereocenters. The summed E-state index contributed by atoms with van der Waals surface area (Å²) in [5, 5.41) is 0. The summed E-state index contributed by atoms with van der Waals surface area (Å²) < 4.78 is 0. The minimum absolute atomic E-state index is 0.194. The molecular formula is C14H18N2S. The number of hydrazine groups is 1. The second-order valence-corrected chi connectivity index (χ2v) is 5.31. The molecule has 0 fully saturated rings. The molecule has 0 amide bonds. The molecule has 2 aromatic rings. The molecule has 2 nitrogen and oxygen atoms in total. The standard InChI is InChI=1S/C14H18N2S/c1-2-12-8-9-13(17-12)10-14(16-15)11-6-4-3-5-7-11/h3-9,14,16H,2,10,15H2,1H3. The number of hydrogen-bond acceptors (Lipinski definition) is 3. The SMILES string of the molecule is CCc1ccc(CC(NN)c2ccccc2)s1. The molecule has 0 aliphatic heterocycles. The van der Waals surface area contributed by atoms with Crippen molar-refractivity contribution in [1.82, 2.24) is 5.43 Å². The molecule has 1 heterocycles. The van der Waals surface area contributed by atoms with Crippen LogP contribution in [0.4, 0.5) is 0 Å². The Hall–Kier alpha value is -1.16. The molecule has 1 unspecified atom stereocenters. The van der Waals surface area contributed by atoms with E-state index in [9.17, 15) is 0 Å². The van der Waals surface area contributed by atoms with Crippen LogP contribution in [0.25, 0.3) is 0 Å². The highest BCUT2D eigenvalue weighted by molar-refractivity contribution is 7.11. The predicted octanol–water partition coefficient (Wildman–Crippen LogP) is 3.06. The van der Waals surface area contributed by atoms with Gasteiger partial charge in [-0.05, 0) is 24.1 Å². The fraction of sp³-hybridized carbons (Fsp3) is 0.286. The van der Waals surface area contributed by atoms with Crippen molar-refractivity contribution in [3.8, 4) is 0 Å². The summed E-state index contributed by atoms with van der Waals surface area (Å²) in [5.41, 5.74) is 4.14. The topological polar surface area (TPSA) is 38.0 Å². The average Bonchev–Trinajstić information content (AvgIpc) is 2.84. The van der Waals surface area contributed by atoms with Crippen molar-refractivity contribution in [1.29, 1.82) is 0 Å². The normalized spacial score (nSPS) is 12.6. The Kier molecular flexibility index (Phi) is 4.31. The molecule has 2 rings (SSSR count). The van der Waals surface area contributed by atoms with E-state index in [1.54, 1.807) is 0 Å². The molecule has 0 saturated heterocycles. The molecule has 90 valence electrons. The Balaban J connectivity index is 2.10. The zero-order valence-corrected chi connectivity index (χ0v) is 10.8. The Morgan fingerprint density at radius 3 is 2.41 bits per heavy atom. The molecule has 0 bridgehead atoms. The minimum atomic E-state index is 0.194. The van der Waals surface area contributed by atoms with E-state index in [2.05, 4.69) is 36.6 Å². The van der Waals surface area contributed by atoms with E-state index in [1.165, 1.54) is 15.3 Å². The summed E-state index contributed by atoms with van der Waals surface area (Å²) in [5.74, 6) is 5.65. The highest BCUT2D eigenvalue weighted by atomic mass is 32.1. The number of rotatable bonds is 5. The van der Waals surface area contributed by atoms with Crippen molar-refractivity contribution in [2.24, 2.45) is 5.84 Å². The molecule has 3 heteroatoms. The van der Waals surface area contributed by atoms with Crippen molar-refractivity contribution in [3.63, 3.8) is 0 Å². The van der Waals surface area contributed by atoms with Gasteiger partial charge < -0.3 is 0 Å². The van der Waals surface area contributed by atoms with Crippen LogP contribution >= 0.6 is 11.3 Å². The predicted molar refractivity (Wildman–Crippen MR) is 73.9 cm³/mol. The van der Waals surface area contributed by atoms with Gasteiger partial charge in [0.1, 0.15) is 0 Å². The van der Waals surface area contributed by atoms with Gasteiger partial charge in [0.05, 0.1) is 6.04 Å². The monoisotopic (exact) mass is 246 g/mol. The first-order valence-electron chi connectivity index (χ1n) is 5.92. The summed E-state index contributed by atoms with van der Waals surface area (Å²) in [6.45, 7) is 2.19. The highest BCUT2D eigenvalue weighted by Gasteiger charge is 2.11. The third-order valence-corrected chi connectivity index (χ3v) is 4.13. The number of nitrogens with two attached hydrogens (primary N) is 1. The molecule has 3 N–H and O–H groups in total. The van der Waals surface area contributed by atoms with E-state index in [0.29, 0.717) is 0 Å². The van der Waals surface area contributed by atoms with Crippen molar-refractivity contribution in [3.05, 3.63) is 57.8 Å². The molecule has 1 aromatic carbocycles. The van der Waals surface area contributed by atoms with E-state index in [4.69, 9.17) is 5.84 Å². The fourth-order valence-electron chi connectivity index (χ4n) is 1.88. The molecular weight excluding hydrogens is 228 g/mol. The Morgan fingerprint density at radius 2 is 1.82 bits per heavy atom. The summed E-state index contributed by atoms with van der Waals surface area (Å²) in [6.07, 6.45) is 2.06. The van der Waals surface area contributed by atoms with Crippen LogP contribution in [0.5, 0.6) is 0 Å². The molecule has 0 aliphatic rings. The van der Waals surface area contributed by atoms with Gasteiger partial charge in [0.2, 0.25) is 0 Å². The van der Waals surface area contributed by atoms with Gasteiger partial charge in [-0.1, -0.05) is 37.3 Å². The summed E-state index contributed by atoms with van der Waals surface area (Å²) in [6, 6.07) is 14.9. The second kappa shape index (κ2) is 5.96. The van der Waals surface area contributed by atoms with Gasteiger partial charge in [0.15, 0.2) is 0 Å². The third kappa shape index (κ3) is 3.16. The first-order chi connectivity index (χ1) is 8.33. The van der Waals surface area contributed by atoms with Gasteiger partial charge in [-0.3, -0.25) is 11.3 Å². The summed E-state index contributed by atoms with van der Waals surface area (Å²) in [7, 11) is 0. The lowest BCUT2D eigenvalue weighted by Crippen LogP contribution is -2.29. The molecule has 0 saturated carbocycles. The van der Waals surface area contributed by atoms with Gasteiger partial charge in [0.25, 0.3) is 0 Å². The quantitative estimate of drug-likeness (QED) is 0.628. The van der Waals surface area contributed by atoms with Crippen LogP contribution in [-0.4, -0.2) is 0 Å². The number of aryl methyl sites for hydroxylation is 1. The molecule has 0 spiro atoms. The van der Waals surface area contributed by atoms with E-state index < -0.39 is 0 Å². The van der Waals surface area contributed by atoms with Crippen LogP contribution in [0.3, 0.4) is 0 Å². The van der Waals surface area contributed by atoms with Crippen molar-refractivity contribution in [2.45, 2.75) is 25.8 Å². The zero-order chi connectivity index (χ0) is 12.1. The van der Waals surface area contributed by atoms with Crippen LogP contribution in [0.2, 0.25) is 0 Å². The van der Waals surface area contributed by atoms with E-state index in [1.807, 2.05) is 29.5 Å². The smallest absolute Gasteiger partial charge is 0.0508 e. The molecule has 17 heavy (non-hydrogen) atoms. The highest BCUT2D eigenvalue weighted by Crippen LogP contribution is 2.23. The minimum Gasteiger partial charge on any atom is -0.271 e. The lowest BCUT2D eigenvalue weighted by atomic mass is 10.0. The third-order valence-electron chi connectivity index (χ3n) is 2.87. The number of benzene rings is 1. The molecule has 0 aliphatic carbocycles. The largest absolute Gasteiger partial charge is 0.271 e. The van der Waals surface area contributed by atoms with Gasteiger partial charge in [-0.15, -0.1) is 11.3 Å². The van der Waals surface area contributed by atoms with E-state index in [0.717, 1.165) is 12.8 Å². The number of nitrogens with one attached hydrogen (secondary N) is 1. The number of thiophene rings is 1. The van der Waals surface area contributed by atoms with E-state index >= 15 is 0 Å². The van der Waals surface area contributed by atoms with Gasteiger partial charge in [0, 0.05) is 16.2 Å². The maximum atomic E-state index is 5.65. The Morgan fingerprint density at radius 1 is 1.12 bits per heavy atom. The van der Waals surface area contributed by atoms with Crippen molar-refractivity contribution < 1.29 is 0 Å². The van der Waals surface area contributed by atoms with Gasteiger partial charge in [-0.2, -0.15) is 0 Å². The molecule has 1 aromatic heterocycles. The Bertz CT molecular complexity index is 450.